The van der Waals surface area contributed by atoms with E-state index >= 15 is 0 Å². The fraction of sp³-hybridized carbons (Fsp3) is 0.917. The average molecular weight is 228 g/mol. The van der Waals surface area contributed by atoms with Gasteiger partial charge in [0.1, 0.15) is 5.60 Å². The molecule has 94 valence electrons. The monoisotopic (exact) mass is 228 g/mol. The van der Waals surface area contributed by atoms with Gasteiger partial charge in [-0.25, -0.2) is 4.79 Å². The number of hydrogen-bond donors (Lipinski definition) is 2. The maximum atomic E-state index is 11.7. The number of alkyl carbamates (subject to hydrolysis) is 1. The van der Waals surface area contributed by atoms with E-state index in [1.54, 1.807) is 0 Å². The van der Waals surface area contributed by atoms with Crippen LogP contribution in [0.4, 0.5) is 4.79 Å². The number of rotatable bonds is 4. The second kappa shape index (κ2) is 5.04. The summed E-state index contributed by atoms with van der Waals surface area (Å²) in [6, 6.07) is 0. The van der Waals surface area contributed by atoms with E-state index in [4.69, 9.17) is 4.74 Å². The summed E-state index contributed by atoms with van der Waals surface area (Å²) in [6.45, 7) is 9.47. The molecule has 1 amide bonds. The predicted octanol–water partition coefficient (Wildman–Crippen LogP) is 2.04. The Bertz CT molecular complexity index is 242. The highest BCUT2D eigenvalue weighted by molar-refractivity contribution is 5.69. The first-order valence-corrected chi connectivity index (χ1v) is 6.09. The van der Waals surface area contributed by atoms with E-state index in [0.717, 1.165) is 25.9 Å². The molecule has 0 spiro atoms. The van der Waals surface area contributed by atoms with Gasteiger partial charge in [0.2, 0.25) is 0 Å². The van der Waals surface area contributed by atoms with Crippen LogP contribution in [0.1, 0.15) is 47.0 Å². The van der Waals surface area contributed by atoms with Crippen molar-refractivity contribution < 1.29 is 9.53 Å². The molecule has 0 unspecified atom stereocenters. The number of amides is 1. The Balaban J connectivity index is 2.41. The zero-order valence-electron chi connectivity index (χ0n) is 10.9. The molecule has 1 fully saturated rings. The summed E-state index contributed by atoms with van der Waals surface area (Å²) >= 11 is 0. The zero-order chi connectivity index (χ0) is 12.2. The van der Waals surface area contributed by atoms with Gasteiger partial charge in [0.05, 0.1) is 5.54 Å². The Morgan fingerprint density at radius 3 is 2.38 bits per heavy atom. The number of hydrogen-bond acceptors (Lipinski definition) is 3. The first-order chi connectivity index (χ1) is 7.37. The molecule has 4 nitrogen and oxygen atoms in total. The lowest BCUT2D eigenvalue weighted by molar-refractivity contribution is 0.0383. The minimum absolute atomic E-state index is 0.0711. The fourth-order valence-electron chi connectivity index (χ4n) is 1.83. The van der Waals surface area contributed by atoms with Crippen molar-refractivity contribution in [3.63, 3.8) is 0 Å². The molecule has 0 bridgehead atoms. The van der Waals surface area contributed by atoms with Crippen molar-refractivity contribution in [2.45, 2.75) is 58.1 Å². The van der Waals surface area contributed by atoms with Gasteiger partial charge in [-0.1, -0.05) is 6.92 Å². The van der Waals surface area contributed by atoms with E-state index in [2.05, 4.69) is 17.6 Å². The van der Waals surface area contributed by atoms with Gasteiger partial charge >= 0.3 is 6.09 Å². The maximum Gasteiger partial charge on any atom is 0.408 e. The van der Waals surface area contributed by atoms with Gasteiger partial charge in [-0.05, 0) is 46.6 Å². The van der Waals surface area contributed by atoms with Crippen molar-refractivity contribution in [3.05, 3.63) is 0 Å². The third kappa shape index (κ3) is 4.00. The number of nitrogens with one attached hydrogen (secondary N) is 2. The van der Waals surface area contributed by atoms with Crippen molar-refractivity contribution in [2.24, 2.45) is 0 Å². The molecule has 16 heavy (non-hydrogen) atoms. The molecule has 2 N–H and O–H groups in total. The van der Waals surface area contributed by atoms with E-state index < -0.39 is 5.60 Å². The molecule has 0 aromatic heterocycles. The Morgan fingerprint density at radius 1 is 1.38 bits per heavy atom. The highest BCUT2D eigenvalue weighted by Crippen LogP contribution is 2.31. The highest BCUT2D eigenvalue weighted by atomic mass is 16.6. The topological polar surface area (TPSA) is 50.4 Å². The number of carbonyl (C=O) groups excluding carboxylic acids is 1. The summed E-state index contributed by atoms with van der Waals surface area (Å²) in [5, 5.41) is 6.29. The number of carbonyl (C=O) groups is 1. The van der Waals surface area contributed by atoms with Gasteiger partial charge in [-0.2, -0.15) is 0 Å². The number of ether oxygens (including phenoxy) is 1. The van der Waals surface area contributed by atoms with Gasteiger partial charge in [-0.15, -0.1) is 0 Å². The molecule has 1 rings (SSSR count). The summed E-state index contributed by atoms with van der Waals surface area (Å²) in [5.74, 6) is 0. The van der Waals surface area contributed by atoms with Gasteiger partial charge in [0, 0.05) is 6.54 Å². The molecule has 0 radical (unpaired) electrons. The molecule has 0 aromatic carbocycles. The summed E-state index contributed by atoms with van der Waals surface area (Å²) < 4.78 is 5.27. The van der Waals surface area contributed by atoms with E-state index in [9.17, 15) is 4.79 Å². The normalized spacial score (nSPS) is 18.8. The highest BCUT2D eigenvalue weighted by Gasteiger charge is 2.38. The van der Waals surface area contributed by atoms with Crippen molar-refractivity contribution in [2.75, 3.05) is 13.1 Å². The van der Waals surface area contributed by atoms with Crippen molar-refractivity contribution in [1.82, 2.24) is 10.6 Å². The molecule has 1 saturated carbocycles. The molecule has 1 aliphatic carbocycles. The van der Waals surface area contributed by atoms with E-state index in [0.29, 0.717) is 0 Å². The quantitative estimate of drug-likeness (QED) is 0.774. The summed E-state index contributed by atoms with van der Waals surface area (Å²) in [6.07, 6.45) is 2.96. The van der Waals surface area contributed by atoms with Crippen LogP contribution in [0.2, 0.25) is 0 Å². The Labute approximate surface area is 98.1 Å². The van der Waals surface area contributed by atoms with Crippen molar-refractivity contribution in [3.8, 4) is 0 Å². The fourth-order valence-corrected chi connectivity index (χ4v) is 1.83. The van der Waals surface area contributed by atoms with E-state index in [-0.39, 0.29) is 11.6 Å². The molecule has 0 saturated heterocycles. The molecule has 0 atom stereocenters. The SMILES string of the molecule is CCNCC1(NC(=O)OC(C)(C)C)CCC1. The Hall–Kier alpha value is -0.770. The van der Waals surface area contributed by atoms with E-state index in [1.807, 2.05) is 20.8 Å². The lowest BCUT2D eigenvalue weighted by Gasteiger charge is -2.42. The minimum atomic E-state index is -0.423. The average Bonchev–Trinajstić information content (AvgIpc) is 2.06. The van der Waals surface area contributed by atoms with Crippen LogP contribution in [0.25, 0.3) is 0 Å². The molecule has 0 aliphatic heterocycles. The van der Waals surface area contributed by atoms with E-state index in [1.165, 1.54) is 6.42 Å². The van der Waals surface area contributed by atoms with Crippen molar-refractivity contribution >= 4 is 6.09 Å². The van der Waals surface area contributed by atoms with Crippen LogP contribution in [-0.4, -0.2) is 30.3 Å². The zero-order valence-corrected chi connectivity index (χ0v) is 10.9. The van der Waals surface area contributed by atoms with Gasteiger partial charge < -0.3 is 15.4 Å². The van der Waals surface area contributed by atoms with Gasteiger partial charge in [-0.3, -0.25) is 0 Å². The molecule has 1 aliphatic rings. The van der Waals surface area contributed by atoms with Gasteiger partial charge in [0.15, 0.2) is 0 Å². The van der Waals surface area contributed by atoms with Crippen LogP contribution in [-0.2, 0) is 4.74 Å². The molecule has 0 aromatic rings. The predicted molar refractivity (Wildman–Crippen MR) is 64.5 cm³/mol. The van der Waals surface area contributed by atoms with Crippen LogP contribution in [0.5, 0.6) is 0 Å². The lowest BCUT2D eigenvalue weighted by Crippen LogP contribution is -2.59. The third-order valence-electron chi connectivity index (χ3n) is 2.79. The van der Waals surface area contributed by atoms with Crippen LogP contribution in [0, 0.1) is 0 Å². The summed E-state index contributed by atoms with van der Waals surface area (Å²) in [5.41, 5.74) is -0.494. The maximum absolute atomic E-state index is 11.7. The standard InChI is InChI=1S/C12H24N2O2/c1-5-13-9-12(7-6-8-12)14-10(15)16-11(2,3)4/h13H,5-9H2,1-4H3,(H,14,15). The smallest absolute Gasteiger partial charge is 0.408 e. The third-order valence-corrected chi connectivity index (χ3v) is 2.79. The molecular formula is C12H24N2O2. The Kier molecular flexibility index (Phi) is 4.19. The molecular weight excluding hydrogens is 204 g/mol. The van der Waals surface area contributed by atoms with Crippen LogP contribution >= 0.6 is 0 Å². The second-order valence-electron chi connectivity index (χ2n) is 5.54. The van der Waals surface area contributed by atoms with Crippen molar-refractivity contribution in [1.29, 1.82) is 0 Å². The van der Waals surface area contributed by atoms with Gasteiger partial charge in [0.25, 0.3) is 0 Å². The first-order valence-electron chi connectivity index (χ1n) is 6.09. The first kappa shape index (κ1) is 13.3. The molecule has 4 heteroatoms. The molecule has 0 heterocycles. The summed E-state index contributed by atoms with van der Waals surface area (Å²) in [7, 11) is 0. The summed E-state index contributed by atoms with van der Waals surface area (Å²) in [4.78, 5) is 11.7. The lowest BCUT2D eigenvalue weighted by atomic mass is 9.77. The second-order valence-corrected chi connectivity index (χ2v) is 5.54. The largest absolute Gasteiger partial charge is 0.444 e. The van der Waals surface area contributed by atoms with Crippen LogP contribution in [0.15, 0.2) is 0 Å². The van der Waals surface area contributed by atoms with Crippen LogP contribution in [0.3, 0.4) is 0 Å². The Morgan fingerprint density at radius 2 is 2.00 bits per heavy atom. The van der Waals surface area contributed by atoms with Crippen LogP contribution < -0.4 is 10.6 Å². The number of likely N-dealkylation sites (N-methyl/N-ethyl adjacent to an activating group) is 1. The minimum Gasteiger partial charge on any atom is -0.444 e.